The number of aromatic amines is 1. The summed E-state index contributed by atoms with van der Waals surface area (Å²) in [5.41, 5.74) is 6.80. The Morgan fingerprint density at radius 1 is 1.00 bits per heavy atom. The molecule has 2 saturated heterocycles. The van der Waals surface area contributed by atoms with Gasteiger partial charge >= 0.3 is 0 Å². The van der Waals surface area contributed by atoms with Crippen molar-refractivity contribution in [1.82, 2.24) is 19.8 Å². The predicted molar refractivity (Wildman–Crippen MR) is 150 cm³/mol. The summed E-state index contributed by atoms with van der Waals surface area (Å²) in [5.74, 6) is 0.891. The Kier molecular flexibility index (Phi) is 6.51. The number of nitrogens with one attached hydrogen (secondary N) is 1. The van der Waals surface area contributed by atoms with Crippen molar-refractivity contribution in [2.75, 3.05) is 65.4 Å². The minimum absolute atomic E-state index is 0.00839. The molecule has 1 N–H and O–H groups in total. The number of aromatic nitrogens is 2. The molecule has 0 atom stereocenters. The van der Waals surface area contributed by atoms with Crippen molar-refractivity contribution in [3.8, 4) is 28.0 Å². The van der Waals surface area contributed by atoms with Crippen LogP contribution in [0.15, 0.2) is 60.9 Å². The smallest absolute Gasteiger partial charge is 0.253 e. The highest BCUT2D eigenvalue weighted by Gasteiger charge is 2.24. The van der Waals surface area contributed by atoms with Gasteiger partial charge in [0, 0.05) is 74.7 Å². The van der Waals surface area contributed by atoms with Gasteiger partial charge in [-0.25, -0.2) is 4.98 Å². The number of benzene rings is 2. The number of hydrogen-bond acceptors (Lipinski definition) is 6. The second-order valence-electron chi connectivity index (χ2n) is 10.3. The van der Waals surface area contributed by atoms with E-state index in [1.54, 1.807) is 19.0 Å². The fraction of sp³-hybridized carbons (Fsp3) is 0.333. The number of ether oxygens (including phenoxy) is 2. The fourth-order valence-corrected chi connectivity index (χ4v) is 5.01. The highest BCUT2D eigenvalue weighted by Crippen LogP contribution is 2.37. The summed E-state index contributed by atoms with van der Waals surface area (Å²) >= 11 is 0. The highest BCUT2D eigenvalue weighted by molar-refractivity contribution is 5.98. The Bertz CT molecular complexity index is 1450. The number of pyridine rings is 1. The zero-order valence-corrected chi connectivity index (χ0v) is 22.1. The van der Waals surface area contributed by atoms with Gasteiger partial charge in [0.05, 0.1) is 18.9 Å². The van der Waals surface area contributed by atoms with E-state index in [4.69, 9.17) is 14.5 Å². The number of piperazine rings is 1. The van der Waals surface area contributed by atoms with Crippen LogP contribution in [0.5, 0.6) is 5.75 Å². The first-order chi connectivity index (χ1) is 18.5. The maximum absolute atomic E-state index is 12.3. The summed E-state index contributed by atoms with van der Waals surface area (Å²) < 4.78 is 11.8. The van der Waals surface area contributed by atoms with Gasteiger partial charge in [-0.2, -0.15) is 0 Å². The number of H-pyrrole nitrogens is 1. The summed E-state index contributed by atoms with van der Waals surface area (Å²) in [7, 11) is 5.69. The molecule has 4 heterocycles. The van der Waals surface area contributed by atoms with Crippen LogP contribution in [-0.2, 0) is 4.74 Å². The van der Waals surface area contributed by atoms with Crippen molar-refractivity contribution in [3.05, 3.63) is 66.5 Å². The molecule has 0 radical (unpaired) electrons. The molecule has 4 aromatic rings. The van der Waals surface area contributed by atoms with E-state index in [2.05, 4.69) is 46.1 Å². The number of carbonyl (C=O) groups excluding carboxylic acids is 1. The van der Waals surface area contributed by atoms with E-state index in [1.165, 1.54) is 0 Å². The molecular formula is C30H33N5O3. The van der Waals surface area contributed by atoms with Crippen molar-refractivity contribution >= 4 is 22.6 Å². The van der Waals surface area contributed by atoms with Crippen LogP contribution in [0.2, 0.25) is 0 Å². The molecule has 0 aliphatic carbocycles. The minimum Gasteiger partial charge on any atom is -0.483 e. The number of hydrogen-bond donors (Lipinski definition) is 1. The van der Waals surface area contributed by atoms with Gasteiger partial charge in [-0.15, -0.1) is 0 Å². The lowest BCUT2D eigenvalue weighted by Gasteiger charge is -2.36. The lowest BCUT2D eigenvalue weighted by molar-refractivity contribution is -0.0794. The van der Waals surface area contributed by atoms with Crippen LogP contribution in [0.25, 0.3) is 33.3 Å². The van der Waals surface area contributed by atoms with Crippen LogP contribution in [-0.4, -0.2) is 92.3 Å². The van der Waals surface area contributed by atoms with Crippen molar-refractivity contribution in [1.29, 1.82) is 0 Å². The molecule has 0 spiro atoms. The Labute approximate surface area is 222 Å². The number of rotatable bonds is 6. The van der Waals surface area contributed by atoms with Crippen LogP contribution >= 0.6 is 0 Å². The number of carbonyl (C=O) groups is 1. The van der Waals surface area contributed by atoms with E-state index in [0.717, 1.165) is 70.9 Å². The van der Waals surface area contributed by atoms with Crippen LogP contribution in [0, 0.1) is 0 Å². The van der Waals surface area contributed by atoms with Gasteiger partial charge in [-0.3, -0.25) is 4.79 Å². The third-order valence-electron chi connectivity index (χ3n) is 7.42. The van der Waals surface area contributed by atoms with E-state index in [1.807, 2.05) is 36.7 Å². The van der Waals surface area contributed by atoms with Gasteiger partial charge in [0.25, 0.3) is 5.91 Å². The van der Waals surface area contributed by atoms with E-state index in [9.17, 15) is 4.79 Å². The molecule has 2 aliphatic rings. The molecule has 1 amide bonds. The summed E-state index contributed by atoms with van der Waals surface area (Å²) in [6.45, 7) is 5.29. The molecule has 8 heteroatoms. The Balaban J connectivity index is 1.33. The maximum Gasteiger partial charge on any atom is 0.253 e. The van der Waals surface area contributed by atoms with Crippen LogP contribution < -0.4 is 9.64 Å². The number of anilines is 1. The summed E-state index contributed by atoms with van der Waals surface area (Å²) in [4.78, 5) is 26.7. The fourth-order valence-electron chi connectivity index (χ4n) is 5.01. The van der Waals surface area contributed by atoms with Crippen LogP contribution in [0.1, 0.15) is 10.4 Å². The monoisotopic (exact) mass is 511 g/mol. The molecule has 8 nitrogen and oxygen atoms in total. The molecule has 0 saturated carbocycles. The zero-order chi connectivity index (χ0) is 26.2. The van der Waals surface area contributed by atoms with Gasteiger partial charge in [0.2, 0.25) is 0 Å². The molecule has 2 aliphatic heterocycles. The number of nitrogens with zero attached hydrogens (tertiary/aromatic N) is 4. The minimum atomic E-state index is -0.00839. The van der Waals surface area contributed by atoms with Crippen molar-refractivity contribution in [3.63, 3.8) is 0 Å². The Morgan fingerprint density at radius 3 is 2.42 bits per heavy atom. The quantitative estimate of drug-likeness (QED) is 0.420. The van der Waals surface area contributed by atoms with Gasteiger partial charge in [-0.05, 0) is 48.5 Å². The van der Waals surface area contributed by atoms with E-state index in [-0.39, 0.29) is 12.0 Å². The van der Waals surface area contributed by atoms with Gasteiger partial charge in [0.1, 0.15) is 17.5 Å². The molecule has 196 valence electrons. The normalized spacial score (nSPS) is 16.4. The van der Waals surface area contributed by atoms with Gasteiger partial charge in [0.15, 0.2) is 0 Å². The van der Waals surface area contributed by atoms with Crippen molar-refractivity contribution in [2.24, 2.45) is 0 Å². The Morgan fingerprint density at radius 2 is 1.74 bits per heavy atom. The average Bonchev–Trinajstić information content (AvgIpc) is 3.34. The third kappa shape index (κ3) is 4.73. The second-order valence-corrected chi connectivity index (χ2v) is 10.3. The highest BCUT2D eigenvalue weighted by atomic mass is 16.6. The average molecular weight is 512 g/mol. The zero-order valence-electron chi connectivity index (χ0n) is 22.1. The first-order valence-electron chi connectivity index (χ1n) is 13.1. The predicted octanol–water partition coefficient (Wildman–Crippen LogP) is 4.13. The number of amides is 1. The molecule has 6 rings (SSSR count). The lowest BCUT2D eigenvalue weighted by atomic mass is 10.0. The first-order valence-corrected chi connectivity index (χ1v) is 13.1. The lowest BCUT2D eigenvalue weighted by Crippen LogP contribution is -2.45. The molecule has 38 heavy (non-hydrogen) atoms. The molecular weight excluding hydrogens is 478 g/mol. The molecule has 2 aromatic carbocycles. The SMILES string of the molecule is CN1CCN(c2ccc(-c3cnc4[nH]cc(-c5ccc(C(=O)N(C)C)cc5)c4c3)cc2OC2COC2)CC1. The van der Waals surface area contributed by atoms with Gasteiger partial charge in [-0.1, -0.05) is 18.2 Å². The van der Waals surface area contributed by atoms with E-state index < -0.39 is 0 Å². The van der Waals surface area contributed by atoms with Crippen LogP contribution in [0.4, 0.5) is 5.69 Å². The molecule has 2 fully saturated rings. The van der Waals surface area contributed by atoms with Crippen molar-refractivity contribution in [2.45, 2.75) is 6.10 Å². The topological polar surface area (TPSA) is 73.9 Å². The Hall–Kier alpha value is -3.88. The maximum atomic E-state index is 12.3. The first kappa shape index (κ1) is 24.5. The standard InChI is InChI=1S/C30H33N5O3/c1-33(2)30(36)21-6-4-20(5-7-21)26-17-32-29-25(26)14-23(16-31-29)22-8-9-27(35-12-10-34(3)11-13-35)28(15-22)38-24-18-37-19-24/h4-9,14-17,24H,10-13,18-19H2,1-3H3,(H,31,32). The largest absolute Gasteiger partial charge is 0.483 e. The molecule has 0 bridgehead atoms. The summed E-state index contributed by atoms with van der Waals surface area (Å²) in [6.07, 6.45) is 3.98. The second kappa shape index (κ2) is 10.1. The molecule has 2 aromatic heterocycles. The van der Waals surface area contributed by atoms with E-state index >= 15 is 0 Å². The van der Waals surface area contributed by atoms with Gasteiger partial charge < -0.3 is 29.2 Å². The van der Waals surface area contributed by atoms with Crippen molar-refractivity contribution < 1.29 is 14.3 Å². The summed E-state index contributed by atoms with van der Waals surface area (Å²) in [6, 6.07) is 16.4. The van der Waals surface area contributed by atoms with Crippen LogP contribution in [0.3, 0.4) is 0 Å². The third-order valence-corrected chi connectivity index (χ3v) is 7.42. The molecule has 0 unspecified atom stereocenters. The number of likely N-dealkylation sites (N-methyl/N-ethyl adjacent to an activating group) is 1. The summed E-state index contributed by atoms with van der Waals surface area (Å²) in [5, 5.41) is 1.03. The van der Waals surface area contributed by atoms with E-state index in [0.29, 0.717) is 18.8 Å². The number of fused-ring (bicyclic) bond motifs is 1.